The van der Waals surface area contributed by atoms with Crippen LogP contribution in [-0.4, -0.2) is 28.9 Å². The van der Waals surface area contributed by atoms with Gasteiger partial charge < -0.3 is 16.0 Å². The predicted octanol–water partition coefficient (Wildman–Crippen LogP) is 4.10. The Bertz CT molecular complexity index is 867. The van der Waals surface area contributed by atoms with Crippen LogP contribution < -0.4 is 16.0 Å². The van der Waals surface area contributed by atoms with Crippen LogP contribution in [0.25, 0.3) is 0 Å². The lowest BCUT2D eigenvalue weighted by Crippen LogP contribution is -2.67. The number of hydrogen-bond acceptors (Lipinski definition) is 3. The first-order valence-electron chi connectivity index (χ1n) is 10.9. The highest BCUT2D eigenvalue weighted by Crippen LogP contribution is 2.55. The van der Waals surface area contributed by atoms with Crippen LogP contribution in [0.2, 0.25) is 0 Å². The number of alkyl halides is 3. The van der Waals surface area contributed by atoms with Gasteiger partial charge in [0.2, 0.25) is 11.8 Å². The summed E-state index contributed by atoms with van der Waals surface area (Å²) in [6.07, 6.45) is 0.406. The quantitative estimate of drug-likeness (QED) is 0.650. The maximum absolute atomic E-state index is 13.1. The summed E-state index contributed by atoms with van der Waals surface area (Å²) in [6, 6.07) is 4.93. The minimum atomic E-state index is -4.44. The van der Waals surface area contributed by atoms with Gasteiger partial charge in [-0.05, 0) is 81.9 Å². The highest BCUT2D eigenvalue weighted by atomic mass is 19.4. The Labute approximate surface area is 180 Å². The molecule has 170 valence electrons. The first-order valence-corrected chi connectivity index (χ1v) is 10.9. The molecule has 4 fully saturated rings. The lowest BCUT2D eigenvalue weighted by Gasteiger charge is -2.60. The van der Waals surface area contributed by atoms with Crippen LogP contribution in [0.15, 0.2) is 24.3 Å². The van der Waals surface area contributed by atoms with Gasteiger partial charge in [-0.15, -0.1) is 0 Å². The van der Waals surface area contributed by atoms with E-state index in [1.807, 2.05) is 0 Å². The number of amides is 2. The highest BCUT2D eigenvalue weighted by Gasteiger charge is 2.56. The minimum Gasteiger partial charge on any atom is -0.372 e. The summed E-state index contributed by atoms with van der Waals surface area (Å²) in [7, 11) is 0. The van der Waals surface area contributed by atoms with Gasteiger partial charge >= 0.3 is 6.18 Å². The molecule has 4 bridgehead atoms. The van der Waals surface area contributed by atoms with E-state index in [-0.39, 0.29) is 29.1 Å². The summed E-state index contributed by atoms with van der Waals surface area (Å²) in [5.74, 6) is 0.969. The van der Waals surface area contributed by atoms with E-state index in [1.54, 1.807) is 20.8 Å². The Kier molecular flexibility index (Phi) is 5.25. The maximum atomic E-state index is 13.1. The van der Waals surface area contributed by atoms with Crippen molar-refractivity contribution in [2.75, 3.05) is 5.32 Å². The minimum absolute atomic E-state index is 0.00560. The monoisotopic (exact) mass is 437 g/mol. The number of carbonyl (C=O) groups is 2. The SMILES string of the molecule is CC(=O)NC12CC3C[C@H](C1)C(NC(=O)C(C)(C)Nc1cccc(C(F)(F)F)c1)[C@@H](C3)C2. The van der Waals surface area contributed by atoms with Crippen molar-refractivity contribution in [3.63, 3.8) is 0 Å². The lowest BCUT2D eigenvalue weighted by atomic mass is 9.51. The molecule has 3 N–H and O–H groups in total. The number of carbonyl (C=O) groups excluding carboxylic acids is 2. The molecule has 4 aliphatic rings. The summed E-state index contributed by atoms with van der Waals surface area (Å²) >= 11 is 0. The van der Waals surface area contributed by atoms with Gasteiger partial charge in [0.15, 0.2) is 0 Å². The third-order valence-corrected chi connectivity index (χ3v) is 7.23. The highest BCUT2D eigenvalue weighted by molar-refractivity contribution is 5.88. The normalized spacial score (nSPS) is 31.9. The van der Waals surface area contributed by atoms with Crippen LogP contribution in [0.5, 0.6) is 0 Å². The van der Waals surface area contributed by atoms with E-state index in [9.17, 15) is 22.8 Å². The molecule has 0 aromatic heterocycles. The van der Waals surface area contributed by atoms with Crippen molar-refractivity contribution < 1.29 is 22.8 Å². The van der Waals surface area contributed by atoms with Gasteiger partial charge in [0.1, 0.15) is 5.54 Å². The van der Waals surface area contributed by atoms with Crippen LogP contribution in [-0.2, 0) is 15.8 Å². The van der Waals surface area contributed by atoms with Gasteiger partial charge in [-0.3, -0.25) is 9.59 Å². The van der Waals surface area contributed by atoms with Crippen molar-refractivity contribution in [3.05, 3.63) is 29.8 Å². The van der Waals surface area contributed by atoms with E-state index in [1.165, 1.54) is 12.1 Å². The molecule has 1 aromatic rings. The Balaban J connectivity index is 1.44. The molecule has 0 heterocycles. The summed E-state index contributed by atoms with van der Waals surface area (Å²) in [4.78, 5) is 24.9. The third kappa shape index (κ3) is 4.39. The van der Waals surface area contributed by atoms with E-state index in [0.29, 0.717) is 17.8 Å². The summed E-state index contributed by atoms with van der Waals surface area (Å²) in [5, 5.41) is 9.36. The molecule has 0 radical (unpaired) electrons. The van der Waals surface area contributed by atoms with Crippen LogP contribution >= 0.6 is 0 Å². The van der Waals surface area contributed by atoms with Crippen LogP contribution in [0, 0.1) is 17.8 Å². The Morgan fingerprint density at radius 3 is 2.29 bits per heavy atom. The van der Waals surface area contributed by atoms with Crippen molar-refractivity contribution in [1.29, 1.82) is 0 Å². The van der Waals surface area contributed by atoms with Crippen molar-refractivity contribution in [2.24, 2.45) is 17.8 Å². The number of nitrogens with one attached hydrogen (secondary N) is 3. The van der Waals surface area contributed by atoms with E-state index in [2.05, 4.69) is 16.0 Å². The van der Waals surface area contributed by atoms with Crippen molar-refractivity contribution in [1.82, 2.24) is 10.6 Å². The van der Waals surface area contributed by atoms with Crippen LogP contribution in [0.1, 0.15) is 58.4 Å². The Morgan fingerprint density at radius 2 is 1.71 bits per heavy atom. The number of benzene rings is 1. The van der Waals surface area contributed by atoms with Crippen molar-refractivity contribution >= 4 is 17.5 Å². The second kappa shape index (κ2) is 7.41. The fraction of sp³-hybridized carbons (Fsp3) is 0.652. The molecule has 8 heteroatoms. The molecule has 4 aliphatic carbocycles. The molecule has 1 aromatic carbocycles. The van der Waals surface area contributed by atoms with Gasteiger partial charge in [0.05, 0.1) is 5.56 Å². The van der Waals surface area contributed by atoms with E-state index >= 15 is 0 Å². The Morgan fingerprint density at radius 1 is 1.06 bits per heavy atom. The standard InChI is InChI=1S/C23H30F3N3O2/c1-13(30)28-22-10-14-7-15(11-22)19(16(8-14)12-22)27-20(31)21(2,3)29-18-6-4-5-17(9-18)23(24,25)26/h4-6,9,14-16,19,29H,7-8,10-12H2,1-3H3,(H,27,31)(H,28,30)/t14?,15-,16+,19?,22?. The molecular formula is C23H30F3N3O2. The number of anilines is 1. The Hall–Kier alpha value is -2.25. The van der Waals surface area contributed by atoms with Crippen LogP contribution in [0.4, 0.5) is 18.9 Å². The zero-order chi connectivity index (χ0) is 22.6. The fourth-order valence-corrected chi connectivity index (χ4v) is 6.31. The molecule has 2 amide bonds. The van der Waals surface area contributed by atoms with E-state index in [0.717, 1.165) is 44.2 Å². The third-order valence-electron chi connectivity index (χ3n) is 7.23. The molecule has 0 aliphatic heterocycles. The van der Waals surface area contributed by atoms with Crippen LogP contribution in [0.3, 0.4) is 0 Å². The van der Waals surface area contributed by atoms with Crippen molar-refractivity contribution in [2.45, 2.75) is 76.2 Å². The lowest BCUT2D eigenvalue weighted by molar-refractivity contribution is -0.137. The molecule has 0 saturated heterocycles. The smallest absolute Gasteiger partial charge is 0.372 e. The second-order valence-electron chi connectivity index (χ2n) is 10.3. The largest absolute Gasteiger partial charge is 0.416 e. The molecule has 4 saturated carbocycles. The fourth-order valence-electron chi connectivity index (χ4n) is 6.31. The average molecular weight is 438 g/mol. The number of rotatable bonds is 5. The molecular weight excluding hydrogens is 407 g/mol. The van der Waals surface area contributed by atoms with Crippen molar-refractivity contribution in [3.8, 4) is 0 Å². The summed E-state index contributed by atoms with van der Waals surface area (Å²) in [6.45, 7) is 4.91. The summed E-state index contributed by atoms with van der Waals surface area (Å²) < 4.78 is 39.0. The maximum Gasteiger partial charge on any atom is 0.416 e. The van der Waals surface area contributed by atoms with Gasteiger partial charge in [-0.2, -0.15) is 13.2 Å². The zero-order valence-corrected chi connectivity index (χ0v) is 18.1. The second-order valence-corrected chi connectivity index (χ2v) is 10.3. The zero-order valence-electron chi connectivity index (χ0n) is 18.1. The first kappa shape index (κ1) is 22.0. The molecule has 3 unspecified atom stereocenters. The van der Waals surface area contributed by atoms with Gasteiger partial charge in [0.25, 0.3) is 0 Å². The molecule has 5 atom stereocenters. The topological polar surface area (TPSA) is 70.2 Å². The number of halogens is 3. The van der Waals surface area contributed by atoms with Gasteiger partial charge in [-0.25, -0.2) is 0 Å². The number of hydrogen-bond donors (Lipinski definition) is 3. The molecule has 5 nitrogen and oxygen atoms in total. The van der Waals surface area contributed by atoms with E-state index < -0.39 is 17.3 Å². The van der Waals surface area contributed by atoms with Gasteiger partial charge in [0, 0.05) is 24.2 Å². The first-order chi connectivity index (χ1) is 14.4. The molecule has 0 spiro atoms. The summed E-state index contributed by atoms with van der Waals surface area (Å²) in [5.41, 5.74) is -1.72. The molecule has 31 heavy (non-hydrogen) atoms. The average Bonchev–Trinajstić information content (AvgIpc) is 2.62. The predicted molar refractivity (Wildman–Crippen MR) is 111 cm³/mol. The van der Waals surface area contributed by atoms with E-state index in [4.69, 9.17) is 0 Å². The molecule has 5 rings (SSSR count). The van der Waals surface area contributed by atoms with Gasteiger partial charge in [-0.1, -0.05) is 6.07 Å².